The summed E-state index contributed by atoms with van der Waals surface area (Å²) in [5.41, 5.74) is 1.51. The first-order chi connectivity index (χ1) is 8.60. The number of nitrogens with zero attached hydrogens (tertiary/aromatic N) is 2. The van der Waals surface area contributed by atoms with Crippen LogP contribution in [0.15, 0.2) is 18.2 Å². The van der Waals surface area contributed by atoms with Crippen molar-refractivity contribution in [3.63, 3.8) is 0 Å². The van der Waals surface area contributed by atoms with Gasteiger partial charge in [0, 0.05) is 32.7 Å². The molecule has 0 spiro atoms. The van der Waals surface area contributed by atoms with Crippen LogP contribution in [0.1, 0.15) is 12.0 Å². The van der Waals surface area contributed by atoms with Gasteiger partial charge in [-0.15, -0.1) is 0 Å². The fourth-order valence-electron chi connectivity index (χ4n) is 2.25. The molecule has 18 heavy (non-hydrogen) atoms. The SMILES string of the molecule is CNc1ccc(CN2CCC(O)C2)cc1[N+](=O)[O-]. The van der Waals surface area contributed by atoms with Crippen LogP contribution in [0.2, 0.25) is 0 Å². The number of rotatable bonds is 4. The molecule has 1 aliphatic rings. The van der Waals surface area contributed by atoms with E-state index < -0.39 is 0 Å². The van der Waals surface area contributed by atoms with Crippen molar-refractivity contribution < 1.29 is 10.0 Å². The van der Waals surface area contributed by atoms with Crippen molar-refractivity contribution in [3.05, 3.63) is 33.9 Å². The van der Waals surface area contributed by atoms with E-state index in [1.54, 1.807) is 19.2 Å². The maximum absolute atomic E-state index is 10.9. The molecular weight excluding hydrogens is 234 g/mol. The molecule has 0 aliphatic carbocycles. The zero-order valence-corrected chi connectivity index (χ0v) is 10.3. The van der Waals surface area contributed by atoms with Gasteiger partial charge in [-0.25, -0.2) is 0 Å². The highest BCUT2D eigenvalue weighted by atomic mass is 16.6. The third-order valence-electron chi connectivity index (χ3n) is 3.18. The van der Waals surface area contributed by atoms with Gasteiger partial charge in [0.25, 0.3) is 5.69 Å². The minimum atomic E-state index is -0.381. The van der Waals surface area contributed by atoms with Gasteiger partial charge in [-0.3, -0.25) is 15.0 Å². The van der Waals surface area contributed by atoms with E-state index >= 15 is 0 Å². The first-order valence-corrected chi connectivity index (χ1v) is 5.95. The average molecular weight is 251 g/mol. The lowest BCUT2D eigenvalue weighted by atomic mass is 10.1. The molecule has 1 heterocycles. The molecule has 1 unspecified atom stereocenters. The number of nitro benzene ring substituents is 1. The summed E-state index contributed by atoms with van der Waals surface area (Å²) in [5, 5.41) is 23.2. The molecule has 98 valence electrons. The Hall–Kier alpha value is -1.66. The fourth-order valence-corrected chi connectivity index (χ4v) is 2.25. The number of β-amino-alcohol motifs (C(OH)–C–C–N with tert-alkyl or cyclic N) is 1. The van der Waals surface area contributed by atoms with Gasteiger partial charge in [-0.05, 0) is 18.1 Å². The van der Waals surface area contributed by atoms with Gasteiger partial charge in [0.15, 0.2) is 0 Å². The predicted molar refractivity (Wildman–Crippen MR) is 68.5 cm³/mol. The van der Waals surface area contributed by atoms with Crippen molar-refractivity contribution >= 4 is 11.4 Å². The summed E-state index contributed by atoms with van der Waals surface area (Å²) >= 11 is 0. The smallest absolute Gasteiger partial charge is 0.292 e. The molecule has 1 fully saturated rings. The van der Waals surface area contributed by atoms with E-state index in [2.05, 4.69) is 10.2 Å². The van der Waals surface area contributed by atoms with Crippen molar-refractivity contribution in [1.82, 2.24) is 4.90 Å². The van der Waals surface area contributed by atoms with E-state index in [9.17, 15) is 15.2 Å². The van der Waals surface area contributed by atoms with Crippen LogP contribution in [0.5, 0.6) is 0 Å². The average Bonchev–Trinajstić information content (AvgIpc) is 2.74. The minimum absolute atomic E-state index is 0.0924. The molecule has 1 aromatic rings. The van der Waals surface area contributed by atoms with Crippen LogP contribution in [0.25, 0.3) is 0 Å². The number of aliphatic hydroxyl groups is 1. The zero-order valence-electron chi connectivity index (χ0n) is 10.3. The monoisotopic (exact) mass is 251 g/mol. The standard InChI is InChI=1S/C12H17N3O3/c1-13-11-3-2-9(6-12(11)15(17)18)7-14-5-4-10(16)8-14/h2-3,6,10,13,16H,4-5,7-8H2,1H3. The number of nitrogens with one attached hydrogen (secondary N) is 1. The van der Waals surface area contributed by atoms with Gasteiger partial charge >= 0.3 is 0 Å². The number of anilines is 1. The van der Waals surface area contributed by atoms with Gasteiger partial charge < -0.3 is 10.4 Å². The Kier molecular flexibility index (Phi) is 3.78. The third kappa shape index (κ3) is 2.77. The Labute approximate surface area is 105 Å². The van der Waals surface area contributed by atoms with E-state index in [1.807, 2.05) is 6.07 Å². The Morgan fingerprint density at radius 2 is 2.39 bits per heavy atom. The number of aliphatic hydroxyl groups excluding tert-OH is 1. The van der Waals surface area contributed by atoms with Crippen molar-refractivity contribution in [3.8, 4) is 0 Å². The van der Waals surface area contributed by atoms with Crippen molar-refractivity contribution in [2.45, 2.75) is 19.1 Å². The van der Waals surface area contributed by atoms with Crippen molar-refractivity contribution in [1.29, 1.82) is 0 Å². The van der Waals surface area contributed by atoms with E-state index in [1.165, 1.54) is 0 Å². The van der Waals surface area contributed by atoms with Crippen LogP contribution >= 0.6 is 0 Å². The van der Waals surface area contributed by atoms with Gasteiger partial charge in [-0.1, -0.05) is 6.07 Å². The summed E-state index contributed by atoms with van der Waals surface area (Å²) in [6, 6.07) is 5.19. The first kappa shape index (κ1) is 12.8. The van der Waals surface area contributed by atoms with Crippen molar-refractivity contribution in [2.24, 2.45) is 0 Å². The normalized spacial score (nSPS) is 20.0. The van der Waals surface area contributed by atoms with E-state index in [0.29, 0.717) is 18.8 Å². The lowest BCUT2D eigenvalue weighted by Gasteiger charge is -2.15. The van der Waals surface area contributed by atoms with Gasteiger partial charge in [0.05, 0.1) is 11.0 Å². The Bertz CT molecular complexity index is 450. The van der Waals surface area contributed by atoms with Crippen LogP contribution < -0.4 is 5.32 Å². The fraction of sp³-hybridized carbons (Fsp3) is 0.500. The molecule has 2 N–H and O–H groups in total. The molecule has 0 radical (unpaired) electrons. The molecule has 1 aliphatic heterocycles. The quantitative estimate of drug-likeness (QED) is 0.621. The van der Waals surface area contributed by atoms with Crippen LogP contribution in [0, 0.1) is 10.1 Å². The lowest BCUT2D eigenvalue weighted by molar-refractivity contribution is -0.384. The molecule has 1 aromatic carbocycles. The molecule has 0 amide bonds. The topological polar surface area (TPSA) is 78.6 Å². The summed E-state index contributed by atoms with van der Waals surface area (Å²) in [6.07, 6.45) is 0.507. The highest BCUT2D eigenvalue weighted by Gasteiger charge is 2.21. The summed E-state index contributed by atoms with van der Waals surface area (Å²) in [5.74, 6) is 0. The van der Waals surface area contributed by atoms with Crippen LogP contribution in [-0.4, -0.2) is 41.2 Å². The summed E-state index contributed by atoms with van der Waals surface area (Å²) in [6.45, 7) is 2.12. The molecule has 0 saturated carbocycles. The number of hydrogen-bond acceptors (Lipinski definition) is 5. The molecule has 6 heteroatoms. The number of hydrogen-bond donors (Lipinski definition) is 2. The minimum Gasteiger partial charge on any atom is -0.392 e. The molecule has 0 bridgehead atoms. The zero-order chi connectivity index (χ0) is 13.1. The van der Waals surface area contributed by atoms with Crippen molar-refractivity contribution in [2.75, 3.05) is 25.5 Å². The molecule has 1 saturated heterocycles. The van der Waals surface area contributed by atoms with E-state index in [4.69, 9.17) is 0 Å². The Morgan fingerprint density at radius 3 is 2.94 bits per heavy atom. The molecule has 2 rings (SSSR count). The van der Waals surface area contributed by atoms with Gasteiger partial charge in [-0.2, -0.15) is 0 Å². The lowest BCUT2D eigenvalue weighted by Crippen LogP contribution is -2.21. The Balaban J connectivity index is 2.14. The highest BCUT2D eigenvalue weighted by Crippen LogP contribution is 2.26. The molecular formula is C12H17N3O3. The second-order valence-corrected chi connectivity index (χ2v) is 4.54. The van der Waals surface area contributed by atoms with Crippen LogP contribution in [-0.2, 0) is 6.54 Å². The second kappa shape index (κ2) is 5.32. The maximum Gasteiger partial charge on any atom is 0.292 e. The maximum atomic E-state index is 10.9. The summed E-state index contributed by atoms with van der Waals surface area (Å²) in [4.78, 5) is 12.7. The third-order valence-corrected chi connectivity index (χ3v) is 3.18. The van der Waals surface area contributed by atoms with Gasteiger partial charge in [0.2, 0.25) is 0 Å². The molecule has 0 aromatic heterocycles. The second-order valence-electron chi connectivity index (χ2n) is 4.54. The van der Waals surface area contributed by atoms with E-state index in [-0.39, 0.29) is 16.7 Å². The number of likely N-dealkylation sites (tertiary alicyclic amines) is 1. The highest BCUT2D eigenvalue weighted by molar-refractivity contribution is 5.62. The number of nitro groups is 1. The van der Waals surface area contributed by atoms with Gasteiger partial charge in [0.1, 0.15) is 5.69 Å². The predicted octanol–water partition coefficient (Wildman–Crippen LogP) is 1.20. The van der Waals surface area contributed by atoms with Crippen LogP contribution in [0.3, 0.4) is 0 Å². The van der Waals surface area contributed by atoms with Crippen LogP contribution in [0.4, 0.5) is 11.4 Å². The summed E-state index contributed by atoms with van der Waals surface area (Å²) in [7, 11) is 1.67. The molecule has 6 nitrogen and oxygen atoms in total. The summed E-state index contributed by atoms with van der Waals surface area (Å²) < 4.78 is 0. The first-order valence-electron chi connectivity index (χ1n) is 5.95. The number of benzene rings is 1. The van der Waals surface area contributed by atoms with E-state index in [0.717, 1.165) is 18.5 Å². The molecule has 1 atom stereocenters. The Morgan fingerprint density at radius 1 is 1.61 bits per heavy atom. The largest absolute Gasteiger partial charge is 0.392 e.